The summed E-state index contributed by atoms with van der Waals surface area (Å²) in [7, 11) is 0. The Morgan fingerprint density at radius 3 is 2.91 bits per heavy atom. The van der Waals surface area contributed by atoms with Crippen LogP contribution in [0.2, 0.25) is 5.02 Å². The molecule has 1 heterocycles. The van der Waals surface area contributed by atoms with Crippen LogP contribution >= 0.6 is 11.6 Å². The summed E-state index contributed by atoms with van der Waals surface area (Å²) in [5, 5.41) is 18.2. The minimum Gasteiger partial charge on any atom is -0.482 e. The molecule has 7 nitrogen and oxygen atoms in total. The van der Waals surface area contributed by atoms with E-state index in [0.717, 1.165) is 19.3 Å². The molecule has 0 saturated heterocycles. The second-order valence-corrected chi connectivity index (χ2v) is 6.13. The maximum absolute atomic E-state index is 12.1. The predicted octanol–water partition coefficient (Wildman–Crippen LogP) is 2.10. The second-order valence-electron chi connectivity index (χ2n) is 5.72. The highest BCUT2D eigenvalue weighted by Crippen LogP contribution is 2.36. The van der Waals surface area contributed by atoms with Gasteiger partial charge in [0.1, 0.15) is 5.75 Å². The number of ether oxygens (including phenoxy) is 1. The average Bonchev–Trinajstić information content (AvgIpc) is 2.50. The van der Waals surface area contributed by atoms with E-state index in [2.05, 4.69) is 16.0 Å². The van der Waals surface area contributed by atoms with Crippen LogP contribution in [-0.2, 0) is 4.79 Å². The van der Waals surface area contributed by atoms with Gasteiger partial charge in [-0.05, 0) is 18.9 Å². The number of benzene rings is 1. The van der Waals surface area contributed by atoms with Crippen LogP contribution < -0.4 is 20.7 Å². The van der Waals surface area contributed by atoms with E-state index in [9.17, 15) is 14.7 Å². The smallest absolute Gasteiger partial charge is 0.319 e. The highest BCUT2D eigenvalue weighted by Gasteiger charge is 2.25. The summed E-state index contributed by atoms with van der Waals surface area (Å²) in [6.45, 7) is -0.0749. The largest absolute Gasteiger partial charge is 0.482 e. The summed E-state index contributed by atoms with van der Waals surface area (Å²) in [6, 6.07) is 2.40. The van der Waals surface area contributed by atoms with Crippen molar-refractivity contribution in [3.05, 3.63) is 17.2 Å². The number of amides is 3. The molecule has 0 aromatic heterocycles. The lowest BCUT2D eigenvalue weighted by atomic mass is 9.93. The molecule has 0 unspecified atom stereocenters. The molecule has 1 aromatic rings. The van der Waals surface area contributed by atoms with Gasteiger partial charge in [0.2, 0.25) is 0 Å². The van der Waals surface area contributed by atoms with Gasteiger partial charge in [0.15, 0.2) is 6.61 Å². The summed E-state index contributed by atoms with van der Waals surface area (Å²) < 4.78 is 5.30. The number of aliphatic hydroxyl groups is 1. The fourth-order valence-electron chi connectivity index (χ4n) is 2.80. The van der Waals surface area contributed by atoms with Gasteiger partial charge in [0.05, 0.1) is 28.5 Å². The number of hydrogen-bond acceptors (Lipinski definition) is 4. The van der Waals surface area contributed by atoms with Gasteiger partial charge in [-0.25, -0.2) is 4.79 Å². The molecule has 2 aliphatic rings. The number of rotatable bonds is 2. The Labute approximate surface area is 138 Å². The molecule has 4 N–H and O–H groups in total. The maximum Gasteiger partial charge on any atom is 0.319 e. The van der Waals surface area contributed by atoms with E-state index in [4.69, 9.17) is 16.3 Å². The van der Waals surface area contributed by atoms with E-state index in [1.54, 1.807) is 6.07 Å². The fourth-order valence-corrected chi connectivity index (χ4v) is 3.01. The Balaban J connectivity index is 1.67. The fraction of sp³-hybridized carbons (Fsp3) is 0.467. The lowest BCUT2D eigenvalue weighted by molar-refractivity contribution is -0.118. The van der Waals surface area contributed by atoms with Crippen molar-refractivity contribution >= 4 is 34.9 Å². The van der Waals surface area contributed by atoms with Gasteiger partial charge in [-0.1, -0.05) is 24.4 Å². The third kappa shape index (κ3) is 3.68. The van der Waals surface area contributed by atoms with Crippen LogP contribution in [-0.4, -0.2) is 35.8 Å². The van der Waals surface area contributed by atoms with Gasteiger partial charge in [0, 0.05) is 6.07 Å². The Morgan fingerprint density at radius 1 is 1.35 bits per heavy atom. The highest BCUT2D eigenvalue weighted by molar-refractivity contribution is 6.34. The number of carbonyl (C=O) groups excluding carboxylic acids is 2. The molecule has 0 spiro atoms. The van der Waals surface area contributed by atoms with Crippen molar-refractivity contribution < 1.29 is 19.4 Å². The summed E-state index contributed by atoms with van der Waals surface area (Å²) in [5.41, 5.74) is 0.851. The molecule has 124 valence electrons. The molecular weight excluding hydrogens is 322 g/mol. The summed E-state index contributed by atoms with van der Waals surface area (Å²) in [4.78, 5) is 23.4. The van der Waals surface area contributed by atoms with Crippen LogP contribution in [0.4, 0.5) is 16.2 Å². The van der Waals surface area contributed by atoms with Crippen molar-refractivity contribution in [2.24, 2.45) is 0 Å². The van der Waals surface area contributed by atoms with Crippen LogP contribution in [0.25, 0.3) is 0 Å². The minimum absolute atomic E-state index is 0.0749. The van der Waals surface area contributed by atoms with Crippen molar-refractivity contribution in [2.75, 3.05) is 17.2 Å². The van der Waals surface area contributed by atoms with E-state index in [1.807, 2.05) is 0 Å². The summed E-state index contributed by atoms with van der Waals surface area (Å²) >= 11 is 6.13. The topological polar surface area (TPSA) is 99.7 Å². The van der Waals surface area contributed by atoms with Crippen molar-refractivity contribution in [3.8, 4) is 5.75 Å². The van der Waals surface area contributed by atoms with Crippen LogP contribution in [0.1, 0.15) is 25.7 Å². The molecule has 3 amide bonds. The number of fused-ring (bicyclic) bond motifs is 1. The van der Waals surface area contributed by atoms with Gasteiger partial charge >= 0.3 is 6.03 Å². The maximum atomic E-state index is 12.1. The summed E-state index contributed by atoms with van der Waals surface area (Å²) in [6.07, 6.45) is 2.88. The van der Waals surface area contributed by atoms with Crippen molar-refractivity contribution in [3.63, 3.8) is 0 Å². The molecule has 8 heteroatoms. The Bertz CT molecular complexity index is 637. The van der Waals surface area contributed by atoms with Gasteiger partial charge in [-0.2, -0.15) is 0 Å². The quantitative estimate of drug-likeness (QED) is 0.663. The van der Waals surface area contributed by atoms with Crippen molar-refractivity contribution in [1.82, 2.24) is 5.32 Å². The van der Waals surface area contributed by atoms with Gasteiger partial charge in [0.25, 0.3) is 5.91 Å². The van der Waals surface area contributed by atoms with E-state index < -0.39 is 12.1 Å². The average molecular weight is 340 g/mol. The molecule has 1 saturated carbocycles. The summed E-state index contributed by atoms with van der Waals surface area (Å²) in [5.74, 6) is 0.195. The molecule has 1 fully saturated rings. The number of halogens is 1. The van der Waals surface area contributed by atoms with Crippen molar-refractivity contribution in [2.45, 2.75) is 37.8 Å². The number of anilines is 2. The van der Waals surface area contributed by atoms with Crippen LogP contribution in [0.15, 0.2) is 12.1 Å². The zero-order valence-electron chi connectivity index (χ0n) is 12.4. The first-order chi connectivity index (χ1) is 11.0. The van der Waals surface area contributed by atoms with E-state index in [0.29, 0.717) is 23.5 Å². The number of nitrogens with one attached hydrogen (secondary N) is 3. The van der Waals surface area contributed by atoms with E-state index in [-0.39, 0.29) is 23.6 Å². The second kappa shape index (κ2) is 6.64. The lowest BCUT2D eigenvalue weighted by Crippen LogP contribution is -2.46. The molecular formula is C15H18ClN3O4. The number of hydrogen-bond donors (Lipinski definition) is 4. The van der Waals surface area contributed by atoms with Gasteiger partial charge in [-0.15, -0.1) is 0 Å². The van der Waals surface area contributed by atoms with Crippen LogP contribution in [0.5, 0.6) is 5.75 Å². The number of carbonyl (C=O) groups is 2. The predicted molar refractivity (Wildman–Crippen MR) is 86.0 cm³/mol. The zero-order chi connectivity index (χ0) is 16.4. The highest BCUT2D eigenvalue weighted by atomic mass is 35.5. The monoisotopic (exact) mass is 339 g/mol. The zero-order valence-corrected chi connectivity index (χ0v) is 13.2. The lowest BCUT2D eigenvalue weighted by Gasteiger charge is -2.28. The van der Waals surface area contributed by atoms with E-state index in [1.165, 1.54) is 6.07 Å². The van der Waals surface area contributed by atoms with Crippen LogP contribution in [0, 0.1) is 0 Å². The first-order valence-electron chi connectivity index (χ1n) is 7.54. The molecule has 0 bridgehead atoms. The first kappa shape index (κ1) is 15.9. The third-order valence-corrected chi connectivity index (χ3v) is 4.31. The molecule has 1 aliphatic carbocycles. The Hall–Kier alpha value is -1.99. The van der Waals surface area contributed by atoms with Crippen molar-refractivity contribution in [1.29, 1.82) is 0 Å². The Morgan fingerprint density at radius 2 is 2.13 bits per heavy atom. The van der Waals surface area contributed by atoms with Gasteiger partial charge < -0.3 is 25.8 Å². The van der Waals surface area contributed by atoms with Gasteiger partial charge in [-0.3, -0.25) is 4.79 Å². The van der Waals surface area contributed by atoms with Crippen LogP contribution in [0.3, 0.4) is 0 Å². The molecule has 2 atom stereocenters. The Kier molecular flexibility index (Phi) is 4.58. The standard InChI is InChI=1S/C15H18ClN3O4/c16-8-5-11-13(23-7-14(21)17-11)6-10(8)19-15(22)18-9-3-1-2-4-12(9)20/h5-6,9,12,20H,1-4,7H2,(H,17,21)(H2,18,19,22)/t9-,12-/m1/s1. The SMILES string of the molecule is O=C1COc2cc(NC(=O)N[C@@H]3CCCC[C@H]3O)c(Cl)cc2N1. The van der Waals surface area contributed by atoms with E-state index >= 15 is 0 Å². The minimum atomic E-state index is -0.521. The molecule has 0 radical (unpaired) electrons. The molecule has 23 heavy (non-hydrogen) atoms. The molecule has 1 aliphatic heterocycles. The first-order valence-corrected chi connectivity index (χ1v) is 7.92. The molecule has 1 aromatic carbocycles. The number of urea groups is 1. The molecule has 3 rings (SSSR count). The normalized spacial score (nSPS) is 23.3. The third-order valence-electron chi connectivity index (χ3n) is 4.00. The number of aliphatic hydroxyl groups excluding tert-OH is 1.